The van der Waals surface area contributed by atoms with Crippen molar-refractivity contribution in [3.8, 4) is 56.3 Å². The van der Waals surface area contributed by atoms with Crippen molar-refractivity contribution < 1.29 is 5.11 Å². The van der Waals surface area contributed by atoms with Crippen molar-refractivity contribution in [1.29, 1.82) is 0 Å². The van der Waals surface area contributed by atoms with E-state index < -0.39 is 0 Å². The fourth-order valence-corrected chi connectivity index (χ4v) is 7.44. The minimum Gasteiger partial charge on any atom is -0.507 e. The number of aromatic hydroxyl groups is 1. The summed E-state index contributed by atoms with van der Waals surface area (Å²) in [7, 11) is 0. The van der Waals surface area contributed by atoms with Crippen LogP contribution in [-0.4, -0.2) is 19.6 Å². The highest BCUT2D eigenvalue weighted by molar-refractivity contribution is 5.97. The lowest BCUT2D eigenvalue weighted by atomic mass is 9.79. The van der Waals surface area contributed by atoms with Gasteiger partial charge in [-0.15, -0.1) is 0 Å². The number of phenols is 1. The van der Waals surface area contributed by atoms with Gasteiger partial charge in [0.25, 0.3) is 0 Å². The summed E-state index contributed by atoms with van der Waals surface area (Å²) in [4.78, 5) is 10.2. The Morgan fingerprint density at radius 2 is 1.20 bits per heavy atom. The van der Waals surface area contributed by atoms with E-state index in [1.54, 1.807) is 0 Å². The second-order valence-corrected chi connectivity index (χ2v) is 16.6. The quantitative estimate of drug-likeness (QED) is 0.179. The first kappa shape index (κ1) is 35.8. The lowest BCUT2D eigenvalue weighted by Gasteiger charge is -2.27. The molecule has 4 heteroatoms. The molecule has 1 N–H and O–H groups in total. The van der Waals surface area contributed by atoms with Crippen LogP contribution in [0.25, 0.3) is 61.6 Å². The normalized spacial score (nSPS) is 12.0. The number of para-hydroxylation sites is 2. The summed E-state index contributed by atoms with van der Waals surface area (Å²) in [6.07, 6.45) is 2.73. The van der Waals surface area contributed by atoms with Gasteiger partial charge in [0, 0.05) is 28.6 Å². The zero-order valence-electron chi connectivity index (χ0n) is 32.5. The molecule has 0 fully saturated rings. The molecule has 272 valence electrons. The van der Waals surface area contributed by atoms with Gasteiger partial charge in [-0.05, 0) is 105 Å². The number of fused-ring (bicyclic) bond motifs is 1. The van der Waals surface area contributed by atoms with E-state index in [1.807, 2.05) is 24.4 Å². The molecule has 0 saturated heterocycles. The summed E-state index contributed by atoms with van der Waals surface area (Å²) in [5.41, 5.74) is 14.0. The summed E-state index contributed by atoms with van der Waals surface area (Å²) >= 11 is 0. The molecule has 0 aliphatic rings. The van der Waals surface area contributed by atoms with Gasteiger partial charge in [0.15, 0.2) is 0 Å². The molecule has 0 atom stereocenters. The molecule has 2 aromatic heterocycles. The van der Waals surface area contributed by atoms with Gasteiger partial charge < -0.3 is 5.11 Å². The highest BCUT2D eigenvalue weighted by Gasteiger charge is 2.28. The van der Waals surface area contributed by atoms with Gasteiger partial charge >= 0.3 is 0 Å². The number of hydrogen-bond donors (Lipinski definition) is 1. The van der Waals surface area contributed by atoms with Crippen molar-refractivity contribution in [3.05, 3.63) is 180 Å². The lowest BCUT2D eigenvalue weighted by Crippen LogP contribution is -2.17. The standard InChI is InChI=1S/C51H47N3O/c1-50(2,3)40-32-43(48(55)44(33-40)51(4,5)6)49-53-47-42(20-15-22-46(47)54(49)41-18-11-8-12-19-41)38-29-37(30-39(31-38)45-21-13-14-27-52-45)36-25-23-35(24-26-36)28-34-16-9-7-10-17-34/h7-27,29-33,55H,28H2,1-6H3. The second kappa shape index (κ2) is 14.2. The zero-order chi connectivity index (χ0) is 38.3. The number of nitrogens with zero attached hydrogens (tertiary/aromatic N) is 3. The molecule has 4 nitrogen and oxygen atoms in total. The number of hydrogen-bond acceptors (Lipinski definition) is 3. The fourth-order valence-electron chi connectivity index (χ4n) is 7.44. The van der Waals surface area contributed by atoms with Crippen LogP contribution < -0.4 is 0 Å². The Bertz CT molecular complexity index is 2610. The van der Waals surface area contributed by atoms with Crippen LogP contribution in [0.3, 0.4) is 0 Å². The van der Waals surface area contributed by atoms with Crippen LogP contribution in [0, 0.1) is 0 Å². The second-order valence-electron chi connectivity index (χ2n) is 16.6. The highest BCUT2D eigenvalue weighted by Crippen LogP contribution is 2.44. The Morgan fingerprint density at radius 3 is 1.87 bits per heavy atom. The SMILES string of the molecule is CC(C)(C)c1cc(-c2nc3c(-c4cc(-c5ccc(Cc6ccccc6)cc5)cc(-c5ccccn5)c4)cccc3n2-c2ccccc2)c(O)c(C(C)(C)C)c1. The number of aromatic nitrogens is 3. The molecule has 8 aromatic rings. The average Bonchev–Trinajstić information content (AvgIpc) is 3.58. The van der Waals surface area contributed by atoms with Gasteiger partial charge in [0.05, 0.1) is 22.3 Å². The predicted molar refractivity (Wildman–Crippen MR) is 229 cm³/mol. The molecule has 55 heavy (non-hydrogen) atoms. The smallest absolute Gasteiger partial charge is 0.149 e. The van der Waals surface area contributed by atoms with Crippen LogP contribution in [0.1, 0.15) is 63.8 Å². The van der Waals surface area contributed by atoms with Crippen molar-refractivity contribution in [3.63, 3.8) is 0 Å². The van der Waals surface area contributed by atoms with E-state index in [-0.39, 0.29) is 16.6 Å². The summed E-state index contributed by atoms with van der Waals surface area (Å²) in [5.74, 6) is 0.975. The Morgan fingerprint density at radius 1 is 0.545 bits per heavy atom. The van der Waals surface area contributed by atoms with Crippen molar-refractivity contribution in [2.24, 2.45) is 0 Å². The van der Waals surface area contributed by atoms with E-state index in [1.165, 1.54) is 11.1 Å². The summed E-state index contributed by atoms with van der Waals surface area (Å²) in [5, 5.41) is 12.1. The maximum absolute atomic E-state index is 12.1. The highest BCUT2D eigenvalue weighted by atomic mass is 16.3. The van der Waals surface area contributed by atoms with Crippen LogP contribution in [-0.2, 0) is 17.3 Å². The number of imidazole rings is 1. The molecule has 0 unspecified atom stereocenters. The van der Waals surface area contributed by atoms with Crippen LogP contribution in [0.5, 0.6) is 5.75 Å². The number of benzene rings is 6. The summed E-state index contributed by atoms with van der Waals surface area (Å²) in [6, 6.07) is 53.3. The van der Waals surface area contributed by atoms with Crippen molar-refractivity contribution in [1.82, 2.24) is 14.5 Å². The molecule has 0 radical (unpaired) electrons. The fraction of sp³-hybridized carbons (Fsp3) is 0.176. The van der Waals surface area contributed by atoms with Gasteiger partial charge in [-0.3, -0.25) is 9.55 Å². The molecule has 2 heterocycles. The number of pyridine rings is 1. The largest absolute Gasteiger partial charge is 0.507 e. The Kier molecular flexibility index (Phi) is 9.22. The molecule has 6 aromatic carbocycles. The van der Waals surface area contributed by atoms with Gasteiger partial charge in [0.1, 0.15) is 11.6 Å². The van der Waals surface area contributed by atoms with Gasteiger partial charge in [0.2, 0.25) is 0 Å². The van der Waals surface area contributed by atoms with Crippen LogP contribution in [0.4, 0.5) is 0 Å². The monoisotopic (exact) mass is 717 g/mol. The van der Waals surface area contributed by atoms with E-state index in [0.29, 0.717) is 5.82 Å². The molecule has 0 aliphatic carbocycles. The molecule has 0 amide bonds. The first-order valence-corrected chi connectivity index (χ1v) is 19.1. The predicted octanol–water partition coefficient (Wildman–Crippen LogP) is 13.0. The first-order valence-electron chi connectivity index (χ1n) is 19.1. The van der Waals surface area contributed by atoms with Crippen molar-refractivity contribution in [2.45, 2.75) is 58.8 Å². The van der Waals surface area contributed by atoms with Crippen LogP contribution in [0.15, 0.2) is 158 Å². The Hall–Kier alpha value is -6.26. The number of rotatable bonds is 7. The molecule has 0 saturated carbocycles. The zero-order valence-corrected chi connectivity index (χ0v) is 32.5. The first-order chi connectivity index (χ1) is 26.4. The van der Waals surface area contributed by atoms with E-state index in [9.17, 15) is 5.11 Å². The Balaban J connectivity index is 1.35. The van der Waals surface area contributed by atoms with Gasteiger partial charge in [-0.25, -0.2) is 4.98 Å². The summed E-state index contributed by atoms with van der Waals surface area (Å²) in [6.45, 7) is 13.1. The third kappa shape index (κ3) is 7.20. The van der Waals surface area contributed by atoms with Crippen LogP contribution in [0.2, 0.25) is 0 Å². The summed E-state index contributed by atoms with van der Waals surface area (Å²) < 4.78 is 2.20. The van der Waals surface area contributed by atoms with E-state index in [2.05, 4.69) is 180 Å². The van der Waals surface area contributed by atoms with Gasteiger partial charge in [-0.1, -0.05) is 139 Å². The maximum atomic E-state index is 12.1. The van der Waals surface area contributed by atoms with Crippen molar-refractivity contribution >= 4 is 11.0 Å². The maximum Gasteiger partial charge on any atom is 0.149 e. The van der Waals surface area contributed by atoms with Crippen molar-refractivity contribution in [2.75, 3.05) is 0 Å². The third-order valence-electron chi connectivity index (χ3n) is 10.5. The molecular formula is C51H47N3O. The van der Waals surface area contributed by atoms with E-state index in [4.69, 9.17) is 9.97 Å². The molecule has 8 rings (SSSR count). The molecule has 0 spiro atoms. The Labute approximate surface area is 324 Å². The van der Waals surface area contributed by atoms with E-state index in [0.717, 1.165) is 73.3 Å². The molecule has 0 bridgehead atoms. The lowest BCUT2D eigenvalue weighted by molar-refractivity contribution is 0.446. The average molecular weight is 718 g/mol. The van der Waals surface area contributed by atoms with Crippen LogP contribution >= 0.6 is 0 Å². The minimum absolute atomic E-state index is 0.140. The topological polar surface area (TPSA) is 50.9 Å². The van der Waals surface area contributed by atoms with Gasteiger partial charge in [-0.2, -0.15) is 0 Å². The minimum atomic E-state index is -0.281. The molecule has 0 aliphatic heterocycles. The molecular weight excluding hydrogens is 671 g/mol. The number of phenolic OH excluding ortho intramolecular Hbond substituents is 1. The van der Waals surface area contributed by atoms with E-state index >= 15 is 0 Å². The third-order valence-corrected chi connectivity index (χ3v) is 10.5.